The second-order valence-corrected chi connectivity index (χ2v) is 6.62. The largest absolute Gasteiger partial charge is 0.350 e. The molecule has 3 rings (SSSR count). The first-order valence-corrected chi connectivity index (χ1v) is 8.40. The van der Waals surface area contributed by atoms with Gasteiger partial charge in [-0.3, -0.25) is 19.1 Å². The smallest absolute Gasteiger partial charge is 0.267 e. The third-order valence-corrected chi connectivity index (χ3v) is 5.09. The number of hydrogen-bond donors (Lipinski definition) is 1. The van der Waals surface area contributed by atoms with E-state index in [9.17, 15) is 9.59 Å². The quantitative estimate of drug-likeness (QED) is 0.824. The van der Waals surface area contributed by atoms with Gasteiger partial charge in [-0.25, -0.2) is 4.98 Å². The average molecular weight is 308 g/mol. The Morgan fingerprint density at radius 1 is 1.43 bits per heavy atom. The summed E-state index contributed by atoms with van der Waals surface area (Å²) in [5, 5.41) is 3.58. The molecule has 1 fully saturated rings. The van der Waals surface area contributed by atoms with Crippen LogP contribution in [-0.4, -0.2) is 51.8 Å². The van der Waals surface area contributed by atoms with Crippen LogP contribution in [0.4, 0.5) is 0 Å². The van der Waals surface area contributed by atoms with Crippen molar-refractivity contribution in [2.75, 3.05) is 25.4 Å². The van der Waals surface area contributed by atoms with Crippen LogP contribution in [0.3, 0.4) is 0 Å². The van der Waals surface area contributed by atoms with Crippen molar-refractivity contribution in [2.24, 2.45) is 0 Å². The number of amides is 1. The van der Waals surface area contributed by atoms with Crippen LogP contribution in [-0.2, 0) is 6.54 Å². The second kappa shape index (κ2) is 6.19. The minimum atomic E-state index is -0.314. The molecule has 6 nitrogen and oxygen atoms in total. The number of likely N-dealkylation sites (tertiary alicyclic amines) is 1. The van der Waals surface area contributed by atoms with Gasteiger partial charge in [0.05, 0.1) is 0 Å². The molecule has 1 aromatic heterocycles. The molecule has 0 unspecified atom stereocenters. The fourth-order valence-corrected chi connectivity index (χ4v) is 3.73. The van der Waals surface area contributed by atoms with Gasteiger partial charge in [0.2, 0.25) is 0 Å². The van der Waals surface area contributed by atoms with Crippen molar-refractivity contribution in [2.45, 2.75) is 37.5 Å². The summed E-state index contributed by atoms with van der Waals surface area (Å²) in [7, 11) is 0. The fourth-order valence-electron chi connectivity index (χ4n) is 2.82. The molecule has 114 valence electrons. The first kappa shape index (κ1) is 14.6. The van der Waals surface area contributed by atoms with Crippen molar-refractivity contribution in [1.29, 1.82) is 0 Å². The Bertz CT molecular complexity index is 595. The molecular formula is C14H20N4O2S. The first-order chi connectivity index (χ1) is 10.2. The van der Waals surface area contributed by atoms with E-state index in [1.807, 2.05) is 0 Å². The van der Waals surface area contributed by atoms with Gasteiger partial charge in [-0.1, -0.05) is 11.8 Å². The van der Waals surface area contributed by atoms with Crippen LogP contribution in [0.2, 0.25) is 0 Å². The summed E-state index contributed by atoms with van der Waals surface area (Å²) in [5.41, 5.74) is -0.0776. The maximum atomic E-state index is 12.2. The van der Waals surface area contributed by atoms with Crippen LogP contribution < -0.4 is 10.9 Å². The lowest BCUT2D eigenvalue weighted by molar-refractivity contribution is 0.0937. The highest BCUT2D eigenvalue weighted by Crippen LogP contribution is 2.20. The SMILES string of the molecule is C[C@H](CNC(=O)c1cnc2n(c1=O)CCS2)N1CCCC1. The highest BCUT2D eigenvalue weighted by Gasteiger charge is 2.22. The number of hydrogen-bond acceptors (Lipinski definition) is 5. The lowest BCUT2D eigenvalue weighted by atomic mass is 10.2. The molecule has 7 heteroatoms. The van der Waals surface area contributed by atoms with Gasteiger partial charge in [0.25, 0.3) is 11.5 Å². The Morgan fingerprint density at radius 3 is 2.95 bits per heavy atom. The number of nitrogens with one attached hydrogen (secondary N) is 1. The normalized spacial score (nSPS) is 19.5. The monoisotopic (exact) mass is 308 g/mol. The number of rotatable bonds is 4. The summed E-state index contributed by atoms with van der Waals surface area (Å²) in [6.07, 6.45) is 3.86. The van der Waals surface area contributed by atoms with Gasteiger partial charge in [-0.05, 0) is 32.9 Å². The van der Waals surface area contributed by atoms with E-state index in [4.69, 9.17) is 0 Å². The van der Waals surface area contributed by atoms with Gasteiger partial charge in [0.15, 0.2) is 5.16 Å². The summed E-state index contributed by atoms with van der Waals surface area (Å²) in [4.78, 5) is 31.0. The fraction of sp³-hybridized carbons (Fsp3) is 0.643. The number of thioether (sulfide) groups is 1. The summed E-state index contributed by atoms with van der Waals surface area (Å²) in [5.74, 6) is 0.532. The Morgan fingerprint density at radius 2 is 2.19 bits per heavy atom. The number of carbonyl (C=O) groups is 1. The van der Waals surface area contributed by atoms with E-state index in [1.165, 1.54) is 19.0 Å². The van der Waals surface area contributed by atoms with Crippen LogP contribution in [0.15, 0.2) is 16.1 Å². The van der Waals surface area contributed by atoms with Gasteiger partial charge in [-0.15, -0.1) is 0 Å². The molecule has 1 saturated heterocycles. The molecule has 1 atom stereocenters. The van der Waals surface area contributed by atoms with Gasteiger partial charge in [0.1, 0.15) is 5.56 Å². The average Bonchev–Trinajstić information content (AvgIpc) is 3.15. The van der Waals surface area contributed by atoms with Gasteiger partial charge < -0.3 is 5.32 Å². The van der Waals surface area contributed by atoms with Crippen molar-refractivity contribution in [3.05, 3.63) is 22.1 Å². The number of aromatic nitrogens is 2. The highest BCUT2D eigenvalue weighted by atomic mass is 32.2. The minimum absolute atomic E-state index is 0.148. The van der Waals surface area contributed by atoms with Crippen LogP contribution in [0, 0.1) is 0 Å². The van der Waals surface area contributed by atoms with Gasteiger partial charge in [-0.2, -0.15) is 0 Å². The van der Waals surface area contributed by atoms with Crippen molar-refractivity contribution in [3.63, 3.8) is 0 Å². The Labute approximate surface area is 127 Å². The predicted molar refractivity (Wildman–Crippen MR) is 81.8 cm³/mol. The summed E-state index contributed by atoms with van der Waals surface area (Å²) in [6.45, 7) is 5.50. The minimum Gasteiger partial charge on any atom is -0.350 e. The zero-order chi connectivity index (χ0) is 14.8. The zero-order valence-corrected chi connectivity index (χ0v) is 13.0. The summed E-state index contributed by atoms with van der Waals surface area (Å²) < 4.78 is 1.59. The van der Waals surface area contributed by atoms with Gasteiger partial charge >= 0.3 is 0 Å². The molecule has 0 saturated carbocycles. The van der Waals surface area contributed by atoms with E-state index < -0.39 is 0 Å². The number of nitrogens with zero attached hydrogens (tertiary/aromatic N) is 3. The van der Waals surface area contributed by atoms with Crippen molar-refractivity contribution in [3.8, 4) is 0 Å². The van der Waals surface area contributed by atoms with E-state index in [1.54, 1.807) is 16.3 Å². The van der Waals surface area contributed by atoms with Crippen molar-refractivity contribution >= 4 is 17.7 Å². The molecule has 0 aromatic carbocycles. The lowest BCUT2D eigenvalue weighted by Crippen LogP contribution is -2.42. The molecule has 21 heavy (non-hydrogen) atoms. The third-order valence-electron chi connectivity index (χ3n) is 4.12. The topological polar surface area (TPSA) is 67.2 Å². The molecule has 0 radical (unpaired) electrons. The lowest BCUT2D eigenvalue weighted by Gasteiger charge is -2.23. The molecule has 0 spiro atoms. The van der Waals surface area contributed by atoms with E-state index in [0.717, 1.165) is 18.8 Å². The molecule has 2 aliphatic heterocycles. The van der Waals surface area contributed by atoms with Gasteiger partial charge in [0, 0.05) is 31.1 Å². The molecule has 1 N–H and O–H groups in total. The molecule has 3 heterocycles. The van der Waals surface area contributed by atoms with E-state index in [-0.39, 0.29) is 17.0 Å². The number of carbonyl (C=O) groups excluding carboxylic acids is 1. The Balaban J connectivity index is 1.64. The Hall–Kier alpha value is -1.34. The van der Waals surface area contributed by atoms with E-state index in [0.29, 0.717) is 24.3 Å². The summed E-state index contributed by atoms with van der Waals surface area (Å²) in [6, 6.07) is 0.303. The Kier molecular flexibility index (Phi) is 4.30. The number of fused-ring (bicyclic) bond motifs is 1. The molecule has 0 aliphatic carbocycles. The van der Waals surface area contributed by atoms with Crippen molar-refractivity contribution in [1.82, 2.24) is 19.8 Å². The molecule has 1 amide bonds. The maximum absolute atomic E-state index is 12.2. The molecule has 0 bridgehead atoms. The predicted octanol–water partition coefficient (Wildman–Crippen LogP) is 0.563. The molecular weight excluding hydrogens is 288 g/mol. The van der Waals surface area contributed by atoms with Crippen LogP contribution in [0.1, 0.15) is 30.1 Å². The van der Waals surface area contributed by atoms with Crippen LogP contribution >= 0.6 is 11.8 Å². The summed E-state index contributed by atoms with van der Waals surface area (Å²) >= 11 is 1.55. The standard InChI is InChI=1S/C14H20N4O2S/c1-10(17-4-2-3-5-17)8-15-12(19)11-9-16-14-18(13(11)20)6-7-21-14/h9-10H,2-8H2,1H3,(H,15,19)/t10-/m1/s1. The zero-order valence-electron chi connectivity index (χ0n) is 12.2. The van der Waals surface area contributed by atoms with E-state index >= 15 is 0 Å². The molecule has 1 aromatic rings. The van der Waals surface area contributed by atoms with Crippen LogP contribution in [0.5, 0.6) is 0 Å². The molecule has 2 aliphatic rings. The first-order valence-electron chi connectivity index (χ1n) is 7.41. The third kappa shape index (κ3) is 2.98. The highest BCUT2D eigenvalue weighted by molar-refractivity contribution is 7.99. The second-order valence-electron chi connectivity index (χ2n) is 5.56. The van der Waals surface area contributed by atoms with Crippen molar-refractivity contribution < 1.29 is 4.79 Å². The van der Waals surface area contributed by atoms with E-state index in [2.05, 4.69) is 22.1 Å². The maximum Gasteiger partial charge on any atom is 0.267 e. The van der Waals surface area contributed by atoms with Crippen LogP contribution in [0.25, 0.3) is 0 Å².